The number of anilines is 2. The van der Waals surface area contributed by atoms with Crippen molar-refractivity contribution in [2.45, 2.75) is 20.8 Å². The Morgan fingerprint density at radius 3 is 2.63 bits per heavy atom. The van der Waals surface area contributed by atoms with E-state index in [0.717, 1.165) is 0 Å². The molecule has 0 fully saturated rings. The molecule has 0 saturated carbocycles. The van der Waals surface area contributed by atoms with E-state index in [1.807, 2.05) is 13.8 Å². The summed E-state index contributed by atoms with van der Waals surface area (Å²) in [5.41, 5.74) is 5.74. The second kappa shape index (κ2) is 6.83. The van der Waals surface area contributed by atoms with E-state index in [9.17, 15) is 10.1 Å². The van der Waals surface area contributed by atoms with E-state index in [1.54, 1.807) is 11.8 Å². The van der Waals surface area contributed by atoms with Gasteiger partial charge in [-0.2, -0.15) is 4.98 Å². The topological polar surface area (TPSA) is 107 Å². The summed E-state index contributed by atoms with van der Waals surface area (Å²) in [7, 11) is 0. The molecule has 1 aromatic heterocycles. The van der Waals surface area contributed by atoms with Crippen molar-refractivity contribution in [1.29, 1.82) is 0 Å². The van der Waals surface area contributed by atoms with Crippen molar-refractivity contribution in [3.8, 4) is 0 Å². The molecule has 2 N–H and O–H groups in total. The Kier molecular flexibility index (Phi) is 5.43. The zero-order valence-electron chi connectivity index (χ0n) is 11.4. The highest BCUT2D eigenvalue weighted by molar-refractivity contribution is 5.61. The SMILES string of the molecule is CCOCCN(CC)c1nc(N)nc(C)c1[N+](=O)[O-]. The summed E-state index contributed by atoms with van der Waals surface area (Å²) in [4.78, 5) is 20.3. The summed E-state index contributed by atoms with van der Waals surface area (Å²) < 4.78 is 5.26. The first-order valence-corrected chi connectivity index (χ1v) is 6.12. The molecule has 1 aromatic rings. The number of hydrogen-bond acceptors (Lipinski definition) is 7. The minimum atomic E-state index is -0.479. The number of ether oxygens (including phenoxy) is 1. The van der Waals surface area contributed by atoms with Gasteiger partial charge in [-0.1, -0.05) is 0 Å². The summed E-state index contributed by atoms with van der Waals surface area (Å²) in [6.07, 6.45) is 0. The lowest BCUT2D eigenvalue weighted by molar-refractivity contribution is -0.385. The molecule has 19 heavy (non-hydrogen) atoms. The number of nitrogens with two attached hydrogens (primary N) is 1. The van der Waals surface area contributed by atoms with Crippen LogP contribution in [0.2, 0.25) is 0 Å². The van der Waals surface area contributed by atoms with Gasteiger partial charge in [0.05, 0.1) is 11.5 Å². The minimum absolute atomic E-state index is 0.0351. The van der Waals surface area contributed by atoms with Crippen molar-refractivity contribution >= 4 is 17.5 Å². The Hall–Kier alpha value is -1.96. The number of rotatable bonds is 7. The van der Waals surface area contributed by atoms with E-state index in [0.29, 0.717) is 26.3 Å². The average molecular weight is 269 g/mol. The molecule has 0 aromatic carbocycles. The highest BCUT2D eigenvalue weighted by Crippen LogP contribution is 2.28. The van der Waals surface area contributed by atoms with Crippen molar-refractivity contribution in [3.05, 3.63) is 15.8 Å². The van der Waals surface area contributed by atoms with Crippen LogP contribution in [0.4, 0.5) is 17.5 Å². The zero-order chi connectivity index (χ0) is 14.4. The lowest BCUT2D eigenvalue weighted by Crippen LogP contribution is -2.29. The molecule has 1 rings (SSSR count). The van der Waals surface area contributed by atoms with Gasteiger partial charge in [-0.25, -0.2) is 4.98 Å². The van der Waals surface area contributed by atoms with Crippen LogP contribution in [0.1, 0.15) is 19.5 Å². The second-order valence-electron chi connectivity index (χ2n) is 3.87. The van der Waals surface area contributed by atoms with Gasteiger partial charge in [-0.3, -0.25) is 10.1 Å². The standard InChI is InChI=1S/C11H19N5O3/c1-4-15(6-7-19-5-2)10-9(16(17)18)8(3)13-11(12)14-10/h4-7H2,1-3H3,(H2,12,13,14). The molecule has 0 spiro atoms. The molecular weight excluding hydrogens is 250 g/mol. The Bertz CT molecular complexity index is 452. The van der Waals surface area contributed by atoms with E-state index in [-0.39, 0.29) is 23.1 Å². The number of aromatic nitrogens is 2. The fourth-order valence-corrected chi connectivity index (χ4v) is 1.74. The van der Waals surface area contributed by atoms with Gasteiger partial charge in [0.1, 0.15) is 5.69 Å². The fraction of sp³-hybridized carbons (Fsp3) is 0.636. The van der Waals surface area contributed by atoms with E-state index in [4.69, 9.17) is 10.5 Å². The van der Waals surface area contributed by atoms with Gasteiger partial charge < -0.3 is 15.4 Å². The average Bonchev–Trinajstić information content (AvgIpc) is 2.33. The van der Waals surface area contributed by atoms with E-state index >= 15 is 0 Å². The van der Waals surface area contributed by atoms with E-state index < -0.39 is 4.92 Å². The van der Waals surface area contributed by atoms with Crippen LogP contribution < -0.4 is 10.6 Å². The van der Waals surface area contributed by atoms with Crippen LogP contribution in [0.15, 0.2) is 0 Å². The van der Waals surface area contributed by atoms with Crippen molar-refractivity contribution in [2.24, 2.45) is 0 Å². The van der Waals surface area contributed by atoms with Crippen LogP contribution in [0.3, 0.4) is 0 Å². The molecule has 1 heterocycles. The number of nitrogens with zero attached hydrogens (tertiary/aromatic N) is 4. The normalized spacial score (nSPS) is 10.5. The first kappa shape index (κ1) is 15.1. The molecule has 0 saturated heterocycles. The highest BCUT2D eigenvalue weighted by Gasteiger charge is 2.25. The van der Waals surface area contributed by atoms with Gasteiger partial charge in [0, 0.05) is 19.7 Å². The van der Waals surface area contributed by atoms with Gasteiger partial charge in [-0.15, -0.1) is 0 Å². The maximum atomic E-state index is 11.1. The molecule has 0 bridgehead atoms. The van der Waals surface area contributed by atoms with Crippen LogP contribution in [-0.2, 0) is 4.74 Å². The second-order valence-corrected chi connectivity index (χ2v) is 3.87. The Morgan fingerprint density at radius 1 is 1.42 bits per heavy atom. The predicted molar refractivity (Wildman–Crippen MR) is 72.2 cm³/mol. The zero-order valence-corrected chi connectivity index (χ0v) is 11.4. The molecule has 0 aliphatic heterocycles. The Labute approximate surface area is 111 Å². The molecule has 8 nitrogen and oxygen atoms in total. The van der Waals surface area contributed by atoms with Crippen LogP contribution in [0, 0.1) is 17.0 Å². The van der Waals surface area contributed by atoms with Gasteiger partial charge in [0.2, 0.25) is 11.8 Å². The molecule has 0 aliphatic carbocycles. The molecule has 0 unspecified atom stereocenters. The van der Waals surface area contributed by atoms with Crippen molar-refractivity contribution in [1.82, 2.24) is 9.97 Å². The minimum Gasteiger partial charge on any atom is -0.380 e. The Morgan fingerprint density at radius 2 is 2.11 bits per heavy atom. The van der Waals surface area contributed by atoms with Crippen molar-refractivity contribution < 1.29 is 9.66 Å². The third kappa shape index (κ3) is 3.75. The molecule has 0 aliphatic rings. The monoisotopic (exact) mass is 269 g/mol. The number of aryl methyl sites for hydroxylation is 1. The molecule has 106 valence electrons. The summed E-state index contributed by atoms with van der Waals surface area (Å²) in [6, 6.07) is 0. The third-order valence-electron chi connectivity index (χ3n) is 2.63. The maximum Gasteiger partial charge on any atom is 0.332 e. The third-order valence-corrected chi connectivity index (χ3v) is 2.63. The first-order valence-electron chi connectivity index (χ1n) is 6.12. The van der Waals surface area contributed by atoms with Crippen molar-refractivity contribution in [3.63, 3.8) is 0 Å². The van der Waals surface area contributed by atoms with Gasteiger partial charge in [0.25, 0.3) is 0 Å². The molecule has 8 heteroatoms. The number of nitrogen functional groups attached to an aromatic ring is 1. The molecule has 0 amide bonds. The highest BCUT2D eigenvalue weighted by atomic mass is 16.6. The number of nitro groups is 1. The smallest absolute Gasteiger partial charge is 0.332 e. The largest absolute Gasteiger partial charge is 0.380 e. The molecule has 0 radical (unpaired) electrons. The summed E-state index contributed by atoms with van der Waals surface area (Å²) in [5.74, 6) is 0.283. The molecular formula is C11H19N5O3. The van der Waals surface area contributed by atoms with Crippen molar-refractivity contribution in [2.75, 3.05) is 36.9 Å². The Balaban J connectivity index is 3.10. The molecule has 0 atom stereocenters. The number of hydrogen-bond donors (Lipinski definition) is 1. The van der Waals surface area contributed by atoms with E-state index in [1.165, 1.54) is 0 Å². The van der Waals surface area contributed by atoms with Crippen LogP contribution in [-0.4, -0.2) is 41.2 Å². The summed E-state index contributed by atoms with van der Waals surface area (Å²) in [6.45, 7) is 7.50. The predicted octanol–water partition coefficient (Wildman–Crippen LogP) is 1.14. The summed E-state index contributed by atoms with van der Waals surface area (Å²) in [5, 5.41) is 11.1. The maximum absolute atomic E-state index is 11.1. The van der Waals surface area contributed by atoms with Gasteiger partial charge in [0.15, 0.2) is 0 Å². The quantitative estimate of drug-likeness (QED) is 0.449. The van der Waals surface area contributed by atoms with Gasteiger partial charge >= 0.3 is 5.69 Å². The lowest BCUT2D eigenvalue weighted by atomic mass is 10.3. The van der Waals surface area contributed by atoms with Crippen LogP contribution in [0.25, 0.3) is 0 Å². The fourth-order valence-electron chi connectivity index (χ4n) is 1.74. The summed E-state index contributed by atoms with van der Waals surface area (Å²) >= 11 is 0. The van der Waals surface area contributed by atoms with E-state index in [2.05, 4.69) is 9.97 Å². The van der Waals surface area contributed by atoms with Crippen LogP contribution >= 0.6 is 0 Å². The van der Waals surface area contributed by atoms with Gasteiger partial charge in [-0.05, 0) is 20.8 Å². The van der Waals surface area contributed by atoms with Crippen LogP contribution in [0.5, 0.6) is 0 Å². The lowest BCUT2D eigenvalue weighted by Gasteiger charge is -2.21. The first-order chi connectivity index (χ1) is 9.01. The number of likely N-dealkylation sites (N-methyl/N-ethyl adjacent to an activating group) is 1.